The van der Waals surface area contributed by atoms with Gasteiger partial charge in [0.25, 0.3) is 5.91 Å². The molecule has 6 heteroatoms. The Hall–Kier alpha value is -1.40. The van der Waals surface area contributed by atoms with E-state index in [4.69, 9.17) is 4.74 Å². The van der Waals surface area contributed by atoms with Crippen LogP contribution in [0.25, 0.3) is 0 Å². The van der Waals surface area contributed by atoms with Crippen LogP contribution in [0.3, 0.4) is 0 Å². The Morgan fingerprint density at radius 3 is 2.45 bits per heavy atom. The minimum absolute atomic E-state index is 0.00476. The summed E-state index contributed by atoms with van der Waals surface area (Å²) in [7, 11) is 1.50. The molecule has 1 aliphatic heterocycles. The second-order valence-electron chi connectivity index (χ2n) is 4.62. The van der Waals surface area contributed by atoms with Gasteiger partial charge in [-0.1, -0.05) is 22.0 Å². The number of halogens is 1. The van der Waals surface area contributed by atoms with Crippen LogP contribution in [0.4, 0.5) is 0 Å². The number of carbonyl (C=O) groups excluding carboxylic acids is 2. The summed E-state index contributed by atoms with van der Waals surface area (Å²) >= 11 is 3.36. The largest absolute Gasteiger partial charge is 0.375 e. The van der Waals surface area contributed by atoms with Gasteiger partial charge < -0.3 is 14.5 Å². The predicted molar refractivity (Wildman–Crippen MR) is 78.5 cm³/mol. The standard InChI is InChI=1S/C14H17BrN2O3/c1-20-10-13(18)16-5-7-17(8-6-16)14(19)11-3-2-4-12(15)9-11/h2-4,9H,5-8,10H2,1H3. The Morgan fingerprint density at radius 2 is 1.85 bits per heavy atom. The van der Waals surface area contributed by atoms with E-state index >= 15 is 0 Å². The SMILES string of the molecule is COCC(=O)N1CCN(C(=O)c2cccc(Br)c2)CC1. The van der Waals surface area contributed by atoms with Crippen LogP contribution in [0.15, 0.2) is 28.7 Å². The van der Waals surface area contributed by atoms with Crippen molar-refractivity contribution in [2.24, 2.45) is 0 Å². The van der Waals surface area contributed by atoms with Gasteiger partial charge in [-0.15, -0.1) is 0 Å². The minimum atomic E-state index is -0.0259. The van der Waals surface area contributed by atoms with Crippen molar-refractivity contribution in [1.82, 2.24) is 9.80 Å². The molecule has 1 heterocycles. The smallest absolute Gasteiger partial charge is 0.254 e. The molecule has 1 aliphatic rings. The zero-order chi connectivity index (χ0) is 14.5. The molecule has 0 spiro atoms. The number of benzene rings is 1. The lowest BCUT2D eigenvalue weighted by Crippen LogP contribution is -2.51. The first-order chi connectivity index (χ1) is 9.61. The summed E-state index contributed by atoms with van der Waals surface area (Å²) in [5, 5.41) is 0. The third kappa shape index (κ3) is 3.58. The first-order valence-corrected chi connectivity index (χ1v) is 7.22. The third-order valence-corrected chi connectivity index (χ3v) is 3.75. The zero-order valence-electron chi connectivity index (χ0n) is 11.3. The molecule has 0 unspecified atom stereocenters. The van der Waals surface area contributed by atoms with Gasteiger partial charge in [0.15, 0.2) is 0 Å². The average Bonchev–Trinajstić information content (AvgIpc) is 2.47. The molecule has 2 amide bonds. The van der Waals surface area contributed by atoms with E-state index in [-0.39, 0.29) is 18.4 Å². The highest BCUT2D eigenvalue weighted by Gasteiger charge is 2.24. The third-order valence-electron chi connectivity index (χ3n) is 3.26. The van der Waals surface area contributed by atoms with Gasteiger partial charge in [-0.05, 0) is 18.2 Å². The summed E-state index contributed by atoms with van der Waals surface area (Å²) in [6.07, 6.45) is 0. The molecule has 5 nitrogen and oxygen atoms in total. The van der Waals surface area contributed by atoms with Gasteiger partial charge in [-0.3, -0.25) is 9.59 Å². The maximum atomic E-state index is 12.3. The molecule has 1 fully saturated rings. The Morgan fingerprint density at radius 1 is 1.20 bits per heavy atom. The van der Waals surface area contributed by atoms with Gasteiger partial charge in [0, 0.05) is 43.3 Å². The summed E-state index contributed by atoms with van der Waals surface area (Å²) in [6, 6.07) is 7.34. The second kappa shape index (κ2) is 6.85. The molecule has 0 aromatic heterocycles. The summed E-state index contributed by atoms with van der Waals surface area (Å²) in [5.41, 5.74) is 0.663. The van der Waals surface area contributed by atoms with Crippen LogP contribution in [-0.4, -0.2) is 61.5 Å². The van der Waals surface area contributed by atoms with Gasteiger partial charge in [0.1, 0.15) is 6.61 Å². The number of piperazine rings is 1. The van der Waals surface area contributed by atoms with Crippen molar-refractivity contribution in [2.45, 2.75) is 0 Å². The van der Waals surface area contributed by atoms with Gasteiger partial charge >= 0.3 is 0 Å². The quantitative estimate of drug-likeness (QED) is 0.835. The first-order valence-electron chi connectivity index (χ1n) is 6.43. The summed E-state index contributed by atoms with van der Waals surface area (Å²) in [6.45, 7) is 2.32. The van der Waals surface area contributed by atoms with Gasteiger partial charge in [-0.25, -0.2) is 0 Å². The Labute approximate surface area is 126 Å². The number of ether oxygens (including phenoxy) is 1. The molecule has 0 atom stereocenters. The van der Waals surface area contributed by atoms with Crippen molar-refractivity contribution in [3.63, 3.8) is 0 Å². The van der Waals surface area contributed by atoms with Gasteiger partial charge in [-0.2, -0.15) is 0 Å². The fourth-order valence-corrected chi connectivity index (χ4v) is 2.58. The summed E-state index contributed by atoms with van der Waals surface area (Å²) in [4.78, 5) is 27.5. The van der Waals surface area contributed by atoms with E-state index in [0.717, 1.165) is 4.47 Å². The molecule has 2 rings (SSSR count). The lowest BCUT2D eigenvalue weighted by atomic mass is 10.2. The van der Waals surface area contributed by atoms with Crippen LogP contribution in [0.2, 0.25) is 0 Å². The highest BCUT2D eigenvalue weighted by atomic mass is 79.9. The number of nitrogens with zero attached hydrogens (tertiary/aromatic N) is 2. The van der Waals surface area contributed by atoms with Crippen molar-refractivity contribution >= 4 is 27.7 Å². The minimum Gasteiger partial charge on any atom is -0.375 e. The van der Waals surface area contributed by atoms with Crippen molar-refractivity contribution < 1.29 is 14.3 Å². The number of rotatable bonds is 3. The van der Waals surface area contributed by atoms with E-state index in [2.05, 4.69) is 15.9 Å². The number of carbonyl (C=O) groups is 2. The number of hydrogen-bond donors (Lipinski definition) is 0. The average molecular weight is 341 g/mol. The lowest BCUT2D eigenvalue weighted by Gasteiger charge is -2.34. The van der Waals surface area contributed by atoms with E-state index in [1.807, 2.05) is 18.2 Å². The highest BCUT2D eigenvalue weighted by molar-refractivity contribution is 9.10. The second-order valence-corrected chi connectivity index (χ2v) is 5.53. The van der Waals surface area contributed by atoms with Crippen molar-refractivity contribution in [2.75, 3.05) is 39.9 Å². The fourth-order valence-electron chi connectivity index (χ4n) is 2.18. The van der Waals surface area contributed by atoms with Crippen molar-refractivity contribution in [3.8, 4) is 0 Å². The van der Waals surface area contributed by atoms with E-state index in [0.29, 0.717) is 31.7 Å². The van der Waals surface area contributed by atoms with Crippen LogP contribution in [0.1, 0.15) is 10.4 Å². The van der Waals surface area contributed by atoms with E-state index < -0.39 is 0 Å². The van der Waals surface area contributed by atoms with Crippen molar-refractivity contribution in [3.05, 3.63) is 34.3 Å². The Balaban J connectivity index is 1.93. The molecule has 0 radical (unpaired) electrons. The van der Waals surface area contributed by atoms with Crippen LogP contribution in [0, 0.1) is 0 Å². The lowest BCUT2D eigenvalue weighted by molar-refractivity contribution is -0.136. The van der Waals surface area contributed by atoms with Crippen LogP contribution < -0.4 is 0 Å². The molecule has 0 saturated carbocycles. The van der Waals surface area contributed by atoms with Gasteiger partial charge in [0.2, 0.25) is 5.91 Å². The molecule has 108 valence electrons. The Bertz CT molecular complexity index is 499. The molecule has 20 heavy (non-hydrogen) atoms. The monoisotopic (exact) mass is 340 g/mol. The highest BCUT2D eigenvalue weighted by Crippen LogP contribution is 2.14. The maximum absolute atomic E-state index is 12.3. The molecule has 0 aliphatic carbocycles. The summed E-state index contributed by atoms with van der Waals surface area (Å²) in [5.74, 6) is -0.0211. The fraction of sp³-hybridized carbons (Fsp3) is 0.429. The molecular formula is C14H17BrN2O3. The molecule has 1 aromatic rings. The normalized spacial score (nSPS) is 15.3. The summed E-state index contributed by atoms with van der Waals surface area (Å²) < 4.78 is 5.72. The van der Waals surface area contributed by atoms with Crippen LogP contribution in [-0.2, 0) is 9.53 Å². The number of amides is 2. The van der Waals surface area contributed by atoms with Crippen LogP contribution >= 0.6 is 15.9 Å². The number of methoxy groups -OCH3 is 1. The van der Waals surface area contributed by atoms with E-state index in [1.54, 1.807) is 15.9 Å². The van der Waals surface area contributed by atoms with E-state index in [1.165, 1.54) is 7.11 Å². The predicted octanol–water partition coefficient (Wildman–Crippen LogP) is 1.38. The molecule has 0 N–H and O–H groups in total. The van der Waals surface area contributed by atoms with Crippen LogP contribution in [0.5, 0.6) is 0 Å². The molecule has 0 bridgehead atoms. The molecule has 1 aromatic carbocycles. The maximum Gasteiger partial charge on any atom is 0.254 e. The first kappa shape index (κ1) is 15.0. The Kier molecular flexibility index (Phi) is 5.14. The topological polar surface area (TPSA) is 49.9 Å². The molecule has 1 saturated heterocycles. The zero-order valence-corrected chi connectivity index (χ0v) is 12.9. The van der Waals surface area contributed by atoms with E-state index in [9.17, 15) is 9.59 Å². The number of hydrogen-bond acceptors (Lipinski definition) is 3. The van der Waals surface area contributed by atoms with Crippen molar-refractivity contribution in [1.29, 1.82) is 0 Å². The molecular weight excluding hydrogens is 324 g/mol. The van der Waals surface area contributed by atoms with Gasteiger partial charge in [0.05, 0.1) is 0 Å².